The number of pyridine rings is 1. The van der Waals surface area contributed by atoms with Gasteiger partial charge in [-0.05, 0) is 70.5 Å². The zero-order valence-corrected chi connectivity index (χ0v) is 17.7. The van der Waals surface area contributed by atoms with Crippen LogP contribution < -0.4 is 5.56 Å². The zero-order chi connectivity index (χ0) is 21.8. The van der Waals surface area contributed by atoms with Crippen molar-refractivity contribution >= 4 is 5.97 Å². The molecular weight excluding hydrogens is 387 g/mol. The Labute approximate surface area is 175 Å². The number of carbonyl (C=O) groups is 1. The number of rotatable bonds is 6. The number of esters is 1. The van der Waals surface area contributed by atoms with Crippen LogP contribution in [0.2, 0.25) is 0 Å². The maximum atomic E-state index is 14.0. The fourth-order valence-corrected chi connectivity index (χ4v) is 4.31. The SMILES string of the molecule is CCOC(=O)C1CCN([C@@H](c2cccc(F)c2)c2c(O)cc(C)n(CC)c2=O)CC1. The molecule has 1 fully saturated rings. The second-order valence-electron chi connectivity index (χ2n) is 7.65. The number of nitrogens with zero attached hydrogens (tertiary/aromatic N) is 2. The number of aromatic nitrogens is 1. The number of carbonyl (C=O) groups excluding carboxylic acids is 1. The molecule has 162 valence electrons. The van der Waals surface area contributed by atoms with Crippen LogP contribution >= 0.6 is 0 Å². The molecule has 7 heteroatoms. The van der Waals surface area contributed by atoms with Crippen LogP contribution in [0.15, 0.2) is 35.1 Å². The first kappa shape index (κ1) is 22.0. The normalized spacial score (nSPS) is 16.4. The van der Waals surface area contributed by atoms with Gasteiger partial charge in [0.2, 0.25) is 0 Å². The van der Waals surface area contributed by atoms with E-state index in [1.807, 2.05) is 11.8 Å². The van der Waals surface area contributed by atoms with Crippen LogP contribution in [0.4, 0.5) is 4.39 Å². The van der Waals surface area contributed by atoms with Crippen LogP contribution in [-0.2, 0) is 16.1 Å². The molecule has 0 saturated carbocycles. The molecule has 1 aliphatic heterocycles. The second-order valence-corrected chi connectivity index (χ2v) is 7.65. The van der Waals surface area contributed by atoms with E-state index in [9.17, 15) is 19.1 Å². The summed E-state index contributed by atoms with van der Waals surface area (Å²) in [7, 11) is 0. The first-order valence-electron chi connectivity index (χ1n) is 10.5. The Balaban J connectivity index is 2.03. The maximum Gasteiger partial charge on any atom is 0.309 e. The van der Waals surface area contributed by atoms with Crippen LogP contribution in [0.1, 0.15) is 49.6 Å². The van der Waals surface area contributed by atoms with Crippen molar-refractivity contribution in [3.63, 3.8) is 0 Å². The molecule has 3 rings (SSSR count). The van der Waals surface area contributed by atoms with E-state index >= 15 is 0 Å². The molecule has 2 aromatic rings. The second kappa shape index (κ2) is 9.43. The van der Waals surface area contributed by atoms with Crippen molar-refractivity contribution in [1.29, 1.82) is 0 Å². The van der Waals surface area contributed by atoms with Crippen molar-refractivity contribution < 1.29 is 19.0 Å². The summed E-state index contributed by atoms with van der Waals surface area (Å²) in [6.07, 6.45) is 1.17. The number of likely N-dealkylation sites (tertiary alicyclic amines) is 1. The van der Waals surface area contributed by atoms with Crippen molar-refractivity contribution in [1.82, 2.24) is 9.47 Å². The van der Waals surface area contributed by atoms with Crippen LogP contribution in [-0.4, -0.2) is 40.2 Å². The molecule has 1 N–H and O–H groups in total. The Bertz CT molecular complexity index is 964. The highest BCUT2D eigenvalue weighted by Crippen LogP contribution is 2.35. The van der Waals surface area contributed by atoms with E-state index in [1.54, 1.807) is 36.6 Å². The molecule has 1 aromatic carbocycles. The largest absolute Gasteiger partial charge is 0.507 e. The highest BCUT2D eigenvalue weighted by atomic mass is 19.1. The van der Waals surface area contributed by atoms with E-state index < -0.39 is 11.9 Å². The lowest BCUT2D eigenvalue weighted by molar-refractivity contribution is -0.149. The van der Waals surface area contributed by atoms with E-state index in [0.717, 1.165) is 0 Å². The number of piperidine rings is 1. The topological polar surface area (TPSA) is 71.8 Å². The number of aromatic hydroxyl groups is 1. The molecule has 0 radical (unpaired) electrons. The van der Waals surface area contributed by atoms with Crippen LogP contribution in [0.5, 0.6) is 5.75 Å². The summed E-state index contributed by atoms with van der Waals surface area (Å²) < 4.78 is 20.8. The molecular formula is C23H29FN2O4. The van der Waals surface area contributed by atoms with Gasteiger partial charge in [0.15, 0.2) is 0 Å². The quantitative estimate of drug-likeness (QED) is 0.731. The van der Waals surface area contributed by atoms with Crippen LogP contribution in [0.3, 0.4) is 0 Å². The average Bonchev–Trinajstić information content (AvgIpc) is 2.71. The van der Waals surface area contributed by atoms with Gasteiger partial charge < -0.3 is 14.4 Å². The Morgan fingerprint density at radius 2 is 1.97 bits per heavy atom. The van der Waals surface area contributed by atoms with E-state index in [0.29, 0.717) is 50.3 Å². The molecule has 1 aliphatic rings. The van der Waals surface area contributed by atoms with Crippen molar-refractivity contribution in [3.8, 4) is 5.75 Å². The highest BCUT2D eigenvalue weighted by molar-refractivity contribution is 5.72. The van der Waals surface area contributed by atoms with Crippen molar-refractivity contribution in [2.24, 2.45) is 5.92 Å². The van der Waals surface area contributed by atoms with E-state index in [2.05, 4.69) is 0 Å². The Morgan fingerprint density at radius 3 is 2.57 bits per heavy atom. The number of hydrogen-bond acceptors (Lipinski definition) is 5. The minimum absolute atomic E-state index is 0.0935. The molecule has 0 spiro atoms. The Hall–Kier alpha value is -2.67. The summed E-state index contributed by atoms with van der Waals surface area (Å²) in [5.74, 6) is -0.885. The fraction of sp³-hybridized carbons (Fsp3) is 0.478. The van der Waals surface area contributed by atoms with Gasteiger partial charge in [0, 0.05) is 12.2 Å². The fourth-order valence-electron chi connectivity index (χ4n) is 4.31. The first-order valence-corrected chi connectivity index (χ1v) is 10.5. The van der Waals surface area contributed by atoms with Gasteiger partial charge in [0.25, 0.3) is 5.56 Å². The minimum Gasteiger partial charge on any atom is -0.507 e. The molecule has 2 heterocycles. The summed E-state index contributed by atoms with van der Waals surface area (Å²) in [6.45, 7) is 7.31. The van der Waals surface area contributed by atoms with E-state index in [1.165, 1.54) is 12.1 Å². The predicted octanol–water partition coefficient (Wildman–Crippen LogP) is 3.39. The Morgan fingerprint density at radius 1 is 1.27 bits per heavy atom. The lowest BCUT2D eigenvalue weighted by Gasteiger charge is -2.37. The standard InChI is InChI=1S/C23H29FN2O4/c1-4-26-15(3)13-19(27)20(22(26)28)21(17-7-6-8-18(24)14-17)25-11-9-16(10-12-25)23(29)30-5-2/h6-8,13-14,16,21,27H,4-5,9-12H2,1-3H3/t21-/m0/s1. The van der Waals surface area contributed by atoms with Gasteiger partial charge in [-0.2, -0.15) is 0 Å². The number of hydrogen-bond donors (Lipinski definition) is 1. The molecule has 1 atom stereocenters. The van der Waals surface area contributed by atoms with Gasteiger partial charge in [-0.15, -0.1) is 0 Å². The third-order valence-corrected chi connectivity index (χ3v) is 5.79. The summed E-state index contributed by atoms with van der Waals surface area (Å²) >= 11 is 0. The molecule has 1 aromatic heterocycles. The smallest absolute Gasteiger partial charge is 0.309 e. The number of halogens is 1. The molecule has 0 bridgehead atoms. The summed E-state index contributed by atoms with van der Waals surface area (Å²) in [5.41, 5.74) is 1.23. The molecule has 0 aliphatic carbocycles. The van der Waals surface area contributed by atoms with Crippen LogP contribution in [0, 0.1) is 18.7 Å². The molecule has 30 heavy (non-hydrogen) atoms. The van der Waals surface area contributed by atoms with Crippen molar-refractivity contribution in [2.75, 3.05) is 19.7 Å². The van der Waals surface area contributed by atoms with Gasteiger partial charge in [0.05, 0.1) is 24.1 Å². The van der Waals surface area contributed by atoms with Gasteiger partial charge in [-0.25, -0.2) is 4.39 Å². The molecule has 6 nitrogen and oxygen atoms in total. The van der Waals surface area contributed by atoms with Crippen LogP contribution in [0.25, 0.3) is 0 Å². The van der Waals surface area contributed by atoms with Gasteiger partial charge in [-0.3, -0.25) is 14.5 Å². The van der Waals surface area contributed by atoms with Crippen molar-refractivity contribution in [2.45, 2.75) is 46.2 Å². The lowest BCUT2D eigenvalue weighted by Crippen LogP contribution is -2.42. The van der Waals surface area contributed by atoms with Gasteiger partial charge in [0.1, 0.15) is 11.6 Å². The average molecular weight is 416 g/mol. The predicted molar refractivity (Wildman–Crippen MR) is 112 cm³/mol. The minimum atomic E-state index is -0.602. The van der Waals surface area contributed by atoms with E-state index in [4.69, 9.17) is 4.74 Å². The first-order chi connectivity index (χ1) is 14.4. The monoisotopic (exact) mass is 416 g/mol. The summed E-state index contributed by atoms with van der Waals surface area (Å²) in [4.78, 5) is 27.4. The van der Waals surface area contributed by atoms with Gasteiger partial charge in [-0.1, -0.05) is 12.1 Å². The highest BCUT2D eigenvalue weighted by Gasteiger charge is 2.34. The number of ether oxygens (including phenoxy) is 1. The molecule has 1 saturated heterocycles. The lowest BCUT2D eigenvalue weighted by atomic mass is 9.91. The summed E-state index contributed by atoms with van der Waals surface area (Å²) in [6, 6.07) is 7.10. The number of aryl methyl sites for hydroxylation is 1. The summed E-state index contributed by atoms with van der Waals surface area (Å²) in [5, 5.41) is 10.7. The van der Waals surface area contributed by atoms with E-state index in [-0.39, 0.29) is 28.8 Å². The third-order valence-electron chi connectivity index (χ3n) is 5.79. The molecule has 0 unspecified atom stereocenters. The Kier molecular flexibility index (Phi) is 6.92. The maximum absolute atomic E-state index is 14.0. The van der Waals surface area contributed by atoms with Gasteiger partial charge >= 0.3 is 5.97 Å². The van der Waals surface area contributed by atoms with Crippen molar-refractivity contribution in [3.05, 3.63) is 63.3 Å². The molecule has 0 amide bonds. The number of benzene rings is 1. The zero-order valence-electron chi connectivity index (χ0n) is 17.7. The third kappa shape index (κ3) is 4.41.